The first-order valence-electron chi connectivity index (χ1n) is 8.29. The minimum absolute atomic E-state index is 0.0371. The van der Waals surface area contributed by atoms with Gasteiger partial charge in [0.2, 0.25) is 5.78 Å². The number of ketones is 2. The van der Waals surface area contributed by atoms with Gasteiger partial charge in [-0.25, -0.2) is 0 Å². The largest absolute Gasteiger partial charge is 0.471 e. The van der Waals surface area contributed by atoms with Crippen molar-refractivity contribution >= 4 is 23.2 Å². The molecule has 144 valence electrons. The molecule has 0 aliphatic heterocycles. The van der Waals surface area contributed by atoms with Crippen molar-refractivity contribution in [3.63, 3.8) is 0 Å². The van der Waals surface area contributed by atoms with E-state index in [9.17, 15) is 27.6 Å². The third-order valence-electron chi connectivity index (χ3n) is 4.43. The maximum Gasteiger partial charge on any atom is 0.471 e. The van der Waals surface area contributed by atoms with Gasteiger partial charge in [-0.1, -0.05) is 18.2 Å². The minimum Gasteiger partial charge on any atom is -0.318 e. The number of rotatable bonds is 2. The molecule has 0 spiro atoms. The molecule has 0 saturated heterocycles. The smallest absolute Gasteiger partial charge is 0.318 e. The molecular formula is C20H10F3N3O3. The SMILES string of the molecule is O=C1c2cnccc2C(=O)c2c(-c3ccccc3NC(=O)C(F)(F)F)ccnc21. The maximum atomic E-state index is 13.1. The average Bonchev–Trinajstić information content (AvgIpc) is 2.71. The van der Waals surface area contributed by atoms with Gasteiger partial charge in [-0.3, -0.25) is 24.4 Å². The maximum absolute atomic E-state index is 13.1. The molecule has 2 aromatic heterocycles. The quantitative estimate of drug-likeness (QED) is 0.560. The van der Waals surface area contributed by atoms with Crippen molar-refractivity contribution in [1.29, 1.82) is 0 Å². The zero-order valence-corrected chi connectivity index (χ0v) is 14.4. The van der Waals surface area contributed by atoms with Crippen molar-refractivity contribution in [2.45, 2.75) is 6.18 Å². The van der Waals surface area contributed by atoms with Crippen LogP contribution in [0.5, 0.6) is 0 Å². The van der Waals surface area contributed by atoms with Crippen LogP contribution in [0.4, 0.5) is 18.9 Å². The van der Waals surface area contributed by atoms with Gasteiger partial charge in [0.05, 0.1) is 11.1 Å². The summed E-state index contributed by atoms with van der Waals surface area (Å²) in [6.45, 7) is 0. The van der Waals surface area contributed by atoms with E-state index in [2.05, 4.69) is 9.97 Å². The number of fused-ring (bicyclic) bond motifs is 2. The highest BCUT2D eigenvalue weighted by Crippen LogP contribution is 2.36. The van der Waals surface area contributed by atoms with E-state index in [0.29, 0.717) is 0 Å². The van der Waals surface area contributed by atoms with Gasteiger partial charge in [0.15, 0.2) is 5.78 Å². The Labute approximate surface area is 161 Å². The Bertz CT molecular complexity index is 1190. The van der Waals surface area contributed by atoms with Crippen LogP contribution in [0.25, 0.3) is 11.1 Å². The predicted molar refractivity (Wildman–Crippen MR) is 95.5 cm³/mol. The molecule has 2 heterocycles. The van der Waals surface area contributed by atoms with Gasteiger partial charge >= 0.3 is 12.1 Å². The predicted octanol–water partition coefficient (Wildman–Crippen LogP) is 3.42. The fourth-order valence-corrected chi connectivity index (χ4v) is 3.14. The van der Waals surface area contributed by atoms with Gasteiger partial charge in [0, 0.05) is 35.4 Å². The van der Waals surface area contributed by atoms with E-state index in [0.717, 1.165) is 0 Å². The molecule has 1 N–H and O–H groups in total. The second kappa shape index (κ2) is 6.62. The molecule has 29 heavy (non-hydrogen) atoms. The molecule has 0 radical (unpaired) electrons. The monoisotopic (exact) mass is 397 g/mol. The van der Waals surface area contributed by atoms with E-state index >= 15 is 0 Å². The second-order valence-corrected chi connectivity index (χ2v) is 6.16. The topological polar surface area (TPSA) is 89.0 Å². The van der Waals surface area contributed by atoms with E-state index in [1.807, 2.05) is 5.32 Å². The number of alkyl halides is 3. The number of carbonyl (C=O) groups is 3. The summed E-state index contributed by atoms with van der Waals surface area (Å²) in [4.78, 5) is 45.1. The molecule has 3 aromatic rings. The lowest BCUT2D eigenvalue weighted by molar-refractivity contribution is -0.167. The highest BCUT2D eigenvalue weighted by molar-refractivity contribution is 6.29. The number of aromatic nitrogens is 2. The summed E-state index contributed by atoms with van der Waals surface area (Å²) >= 11 is 0. The third-order valence-corrected chi connectivity index (χ3v) is 4.43. The van der Waals surface area contributed by atoms with Crippen molar-refractivity contribution in [1.82, 2.24) is 9.97 Å². The van der Waals surface area contributed by atoms with Crippen molar-refractivity contribution in [2.24, 2.45) is 0 Å². The number of halogens is 3. The zero-order chi connectivity index (χ0) is 20.8. The van der Waals surface area contributed by atoms with Crippen LogP contribution in [0.1, 0.15) is 32.0 Å². The number of nitrogens with one attached hydrogen (secondary N) is 1. The Morgan fingerprint density at radius 3 is 2.34 bits per heavy atom. The van der Waals surface area contributed by atoms with Crippen LogP contribution in [0.2, 0.25) is 0 Å². The lowest BCUT2D eigenvalue weighted by Gasteiger charge is -2.20. The molecule has 0 bridgehead atoms. The standard InChI is InChI=1S/C20H10F3N3O3/c21-20(22,23)19(29)26-14-4-2-1-3-10(14)11-6-8-25-16-15(11)17(27)12-5-7-24-9-13(12)18(16)28/h1-9H,(H,26,29). The van der Waals surface area contributed by atoms with E-state index in [-0.39, 0.29) is 39.2 Å². The summed E-state index contributed by atoms with van der Waals surface area (Å²) in [6, 6.07) is 8.51. The van der Waals surface area contributed by atoms with Crippen LogP contribution < -0.4 is 5.32 Å². The third kappa shape index (κ3) is 3.06. The van der Waals surface area contributed by atoms with E-state index < -0.39 is 23.6 Å². The molecule has 1 aliphatic carbocycles. The number of para-hydroxylation sites is 1. The van der Waals surface area contributed by atoms with E-state index in [4.69, 9.17) is 0 Å². The van der Waals surface area contributed by atoms with Gasteiger partial charge in [-0.05, 0) is 23.8 Å². The molecule has 4 rings (SSSR count). The Morgan fingerprint density at radius 2 is 1.59 bits per heavy atom. The number of carbonyl (C=O) groups excluding carboxylic acids is 3. The lowest BCUT2D eigenvalue weighted by atomic mass is 9.84. The molecular weight excluding hydrogens is 387 g/mol. The Kier molecular flexibility index (Phi) is 4.22. The molecule has 6 nitrogen and oxygen atoms in total. The highest BCUT2D eigenvalue weighted by atomic mass is 19.4. The summed E-state index contributed by atoms with van der Waals surface area (Å²) < 4.78 is 38.1. The second-order valence-electron chi connectivity index (χ2n) is 6.16. The number of benzene rings is 1. The summed E-state index contributed by atoms with van der Waals surface area (Å²) in [5.74, 6) is -3.16. The average molecular weight is 397 g/mol. The normalized spacial score (nSPS) is 12.9. The molecule has 1 amide bonds. The zero-order valence-electron chi connectivity index (χ0n) is 14.4. The molecule has 0 saturated carbocycles. The number of amides is 1. The highest BCUT2D eigenvalue weighted by Gasteiger charge is 2.39. The Morgan fingerprint density at radius 1 is 0.862 bits per heavy atom. The first-order chi connectivity index (χ1) is 13.8. The van der Waals surface area contributed by atoms with Crippen LogP contribution >= 0.6 is 0 Å². The molecule has 0 fully saturated rings. The number of pyridine rings is 2. The van der Waals surface area contributed by atoms with Gasteiger partial charge < -0.3 is 5.32 Å². The Balaban J connectivity index is 1.89. The molecule has 1 aromatic carbocycles. The Hall–Kier alpha value is -3.88. The van der Waals surface area contributed by atoms with Gasteiger partial charge in [0.25, 0.3) is 0 Å². The van der Waals surface area contributed by atoms with Gasteiger partial charge in [-0.15, -0.1) is 0 Å². The van der Waals surface area contributed by atoms with E-state index in [1.165, 1.54) is 48.9 Å². The van der Waals surface area contributed by atoms with Crippen LogP contribution in [0, 0.1) is 0 Å². The van der Waals surface area contributed by atoms with Crippen LogP contribution in [-0.2, 0) is 4.79 Å². The van der Waals surface area contributed by atoms with Gasteiger partial charge in [0.1, 0.15) is 5.69 Å². The first-order valence-corrected chi connectivity index (χ1v) is 8.29. The summed E-state index contributed by atoms with van der Waals surface area (Å²) in [5.41, 5.74) is 0.270. The summed E-state index contributed by atoms with van der Waals surface area (Å²) in [7, 11) is 0. The van der Waals surface area contributed by atoms with Crippen LogP contribution in [0.3, 0.4) is 0 Å². The fourth-order valence-electron chi connectivity index (χ4n) is 3.14. The van der Waals surface area contributed by atoms with Crippen molar-refractivity contribution in [2.75, 3.05) is 5.32 Å². The number of hydrogen-bond acceptors (Lipinski definition) is 5. The number of anilines is 1. The summed E-state index contributed by atoms with van der Waals surface area (Å²) in [5, 5.41) is 1.81. The molecule has 1 aliphatic rings. The van der Waals surface area contributed by atoms with Crippen molar-refractivity contribution < 1.29 is 27.6 Å². The van der Waals surface area contributed by atoms with Crippen LogP contribution in [0.15, 0.2) is 55.0 Å². The summed E-state index contributed by atoms with van der Waals surface area (Å²) in [6.07, 6.45) is -1.17. The fraction of sp³-hybridized carbons (Fsp3) is 0.0500. The number of hydrogen-bond donors (Lipinski definition) is 1. The lowest BCUT2D eigenvalue weighted by Crippen LogP contribution is -2.30. The first kappa shape index (κ1) is 18.5. The molecule has 9 heteroatoms. The molecule has 0 unspecified atom stereocenters. The molecule has 0 atom stereocenters. The van der Waals surface area contributed by atoms with Crippen molar-refractivity contribution in [3.05, 3.63) is 77.4 Å². The van der Waals surface area contributed by atoms with Gasteiger partial charge in [-0.2, -0.15) is 13.2 Å². The van der Waals surface area contributed by atoms with Crippen molar-refractivity contribution in [3.8, 4) is 11.1 Å². The number of nitrogens with zero attached hydrogens (tertiary/aromatic N) is 2. The van der Waals surface area contributed by atoms with E-state index in [1.54, 1.807) is 6.07 Å². The minimum atomic E-state index is -5.08. The van der Waals surface area contributed by atoms with Crippen LogP contribution in [-0.4, -0.2) is 33.6 Å².